The minimum atomic E-state index is -0.271. The van der Waals surface area contributed by atoms with E-state index in [-0.39, 0.29) is 18.1 Å². The van der Waals surface area contributed by atoms with Crippen LogP contribution in [0.25, 0.3) is 11.3 Å². The van der Waals surface area contributed by atoms with E-state index in [2.05, 4.69) is 10.3 Å². The Balaban J connectivity index is 1.50. The van der Waals surface area contributed by atoms with E-state index in [0.717, 1.165) is 35.5 Å². The molecule has 2 aromatic rings. The third-order valence-electron chi connectivity index (χ3n) is 4.49. The van der Waals surface area contributed by atoms with Crippen molar-refractivity contribution in [2.75, 3.05) is 13.6 Å². The quantitative estimate of drug-likeness (QED) is 0.875. The van der Waals surface area contributed by atoms with Crippen LogP contribution in [0.3, 0.4) is 0 Å². The first kappa shape index (κ1) is 16.9. The van der Waals surface area contributed by atoms with Crippen molar-refractivity contribution < 1.29 is 9.90 Å². The van der Waals surface area contributed by atoms with Crippen LogP contribution in [0.4, 0.5) is 4.79 Å². The summed E-state index contributed by atoms with van der Waals surface area (Å²) in [6.45, 7) is 1.02. The molecule has 2 amide bonds. The SMILES string of the molecule is CN(CC1CCCC1O)C(=O)NCc1nc(-c2ccccc2)cs1. The molecular weight excluding hydrogens is 322 g/mol. The molecule has 3 rings (SSSR count). The van der Waals surface area contributed by atoms with Gasteiger partial charge < -0.3 is 15.3 Å². The predicted octanol–water partition coefficient (Wildman–Crippen LogP) is 3.11. The summed E-state index contributed by atoms with van der Waals surface area (Å²) in [6.07, 6.45) is 2.61. The summed E-state index contributed by atoms with van der Waals surface area (Å²) in [7, 11) is 1.78. The number of amides is 2. The number of hydrogen-bond donors (Lipinski definition) is 2. The third-order valence-corrected chi connectivity index (χ3v) is 5.33. The maximum atomic E-state index is 12.2. The van der Waals surface area contributed by atoms with E-state index in [1.54, 1.807) is 23.3 Å². The molecule has 6 heteroatoms. The van der Waals surface area contributed by atoms with E-state index in [4.69, 9.17) is 0 Å². The fourth-order valence-electron chi connectivity index (χ4n) is 3.08. The zero-order valence-electron chi connectivity index (χ0n) is 13.8. The lowest BCUT2D eigenvalue weighted by Crippen LogP contribution is -2.40. The monoisotopic (exact) mass is 345 g/mol. The Bertz CT molecular complexity index is 674. The molecule has 2 atom stereocenters. The number of thiazole rings is 1. The van der Waals surface area contributed by atoms with Crippen LogP contribution in [0.2, 0.25) is 0 Å². The van der Waals surface area contributed by atoms with Crippen molar-refractivity contribution in [2.24, 2.45) is 5.92 Å². The Morgan fingerprint density at radius 2 is 2.17 bits per heavy atom. The zero-order chi connectivity index (χ0) is 16.9. The summed E-state index contributed by atoms with van der Waals surface area (Å²) in [5, 5.41) is 15.7. The Kier molecular flexibility index (Phi) is 5.48. The molecule has 1 fully saturated rings. The first-order chi connectivity index (χ1) is 11.6. The maximum Gasteiger partial charge on any atom is 0.317 e. The van der Waals surface area contributed by atoms with Crippen molar-refractivity contribution in [2.45, 2.75) is 31.9 Å². The summed E-state index contributed by atoms with van der Waals surface area (Å²) in [5.74, 6) is 0.199. The van der Waals surface area contributed by atoms with Crippen LogP contribution >= 0.6 is 11.3 Å². The molecule has 1 heterocycles. The molecule has 1 aliphatic carbocycles. The normalized spacial score (nSPS) is 20.1. The van der Waals surface area contributed by atoms with Crippen molar-refractivity contribution in [1.82, 2.24) is 15.2 Å². The van der Waals surface area contributed by atoms with Crippen molar-refractivity contribution in [3.8, 4) is 11.3 Å². The van der Waals surface area contributed by atoms with Gasteiger partial charge in [-0.05, 0) is 12.8 Å². The van der Waals surface area contributed by atoms with Gasteiger partial charge in [0.1, 0.15) is 5.01 Å². The molecule has 1 saturated carbocycles. The Morgan fingerprint density at radius 1 is 1.38 bits per heavy atom. The molecule has 0 radical (unpaired) electrons. The highest BCUT2D eigenvalue weighted by molar-refractivity contribution is 7.09. The average molecular weight is 345 g/mol. The largest absolute Gasteiger partial charge is 0.393 e. The lowest BCUT2D eigenvalue weighted by molar-refractivity contribution is 0.114. The highest BCUT2D eigenvalue weighted by atomic mass is 32.1. The van der Waals surface area contributed by atoms with E-state index in [0.29, 0.717) is 13.1 Å². The van der Waals surface area contributed by atoms with Gasteiger partial charge in [0.05, 0.1) is 18.3 Å². The first-order valence-corrected chi connectivity index (χ1v) is 9.18. The van der Waals surface area contributed by atoms with Crippen molar-refractivity contribution >= 4 is 17.4 Å². The number of aromatic nitrogens is 1. The number of urea groups is 1. The number of carbonyl (C=O) groups is 1. The number of aliphatic hydroxyl groups excluding tert-OH is 1. The number of nitrogens with one attached hydrogen (secondary N) is 1. The molecule has 1 aromatic heterocycles. The van der Waals surface area contributed by atoms with Crippen LogP contribution in [-0.4, -0.2) is 40.7 Å². The van der Waals surface area contributed by atoms with Crippen molar-refractivity contribution in [1.29, 1.82) is 0 Å². The number of aliphatic hydroxyl groups is 1. The summed E-state index contributed by atoms with van der Waals surface area (Å²) in [5.41, 5.74) is 2.02. The zero-order valence-corrected chi connectivity index (χ0v) is 14.6. The third kappa shape index (κ3) is 4.13. The summed E-state index contributed by atoms with van der Waals surface area (Å²) < 4.78 is 0. The van der Waals surface area contributed by atoms with Crippen LogP contribution in [0.15, 0.2) is 35.7 Å². The standard InChI is InChI=1S/C18H23N3O2S/c1-21(11-14-8-5-9-16(14)22)18(23)19-10-17-20-15(12-24-17)13-6-3-2-4-7-13/h2-4,6-7,12,14,16,22H,5,8-11H2,1H3,(H,19,23). The average Bonchev–Trinajstić information content (AvgIpc) is 3.23. The van der Waals surface area contributed by atoms with Crippen LogP contribution < -0.4 is 5.32 Å². The second kappa shape index (κ2) is 7.77. The highest BCUT2D eigenvalue weighted by Crippen LogP contribution is 2.26. The second-order valence-electron chi connectivity index (χ2n) is 6.29. The number of carbonyl (C=O) groups excluding carboxylic acids is 1. The van der Waals surface area contributed by atoms with Gasteiger partial charge in [0.2, 0.25) is 0 Å². The van der Waals surface area contributed by atoms with E-state index in [9.17, 15) is 9.90 Å². The number of rotatable bonds is 5. The lowest BCUT2D eigenvalue weighted by Gasteiger charge is -2.23. The molecule has 0 saturated heterocycles. The summed E-state index contributed by atoms with van der Waals surface area (Å²) in [6, 6.07) is 9.89. The van der Waals surface area contributed by atoms with Gasteiger partial charge in [0.25, 0.3) is 0 Å². The van der Waals surface area contributed by atoms with E-state index in [1.807, 2.05) is 35.7 Å². The van der Waals surface area contributed by atoms with Crippen LogP contribution in [0, 0.1) is 5.92 Å². The highest BCUT2D eigenvalue weighted by Gasteiger charge is 2.27. The molecule has 2 unspecified atom stereocenters. The van der Waals surface area contributed by atoms with Crippen molar-refractivity contribution in [3.63, 3.8) is 0 Å². The molecule has 1 aromatic carbocycles. The topological polar surface area (TPSA) is 65.5 Å². The van der Waals surface area contributed by atoms with E-state index >= 15 is 0 Å². The van der Waals surface area contributed by atoms with Crippen molar-refractivity contribution in [3.05, 3.63) is 40.7 Å². The number of benzene rings is 1. The van der Waals surface area contributed by atoms with Gasteiger partial charge in [-0.2, -0.15) is 0 Å². The fourth-order valence-corrected chi connectivity index (χ4v) is 3.83. The van der Waals surface area contributed by atoms with E-state index in [1.165, 1.54) is 0 Å². The van der Waals surface area contributed by atoms with Gasteiger partial charge >= 0.3 is 6.03 Å². The van der Waals surface area contributed by atoms with Gasteiger partial charge in [-0.1, -0.05) is 36.8 Å². The van der Waals surface area contributed by atoms with E-state index < -0.39 is 0 Å². The molecular formula is C18H23N3O2S. The molecule has 1 aliphatic rings. The summed E-state index contributed by atoms with van der Waals surface area (Å²) >= 11 is 1.55. The Labute approximate surface area is 146 Å². The van der Waals surface area contributed by atoms with Gasteiger partial charge in [-0.15, -0.1) is 11.3 Å². The summed E-state index contributed by atoms with van der Waals surface area (Å²) in [4.78, 5) is 18.4. The molecule has 0 spiro atoms. The minimum absolute atomic E-state index is 0.120. The maximum absolute atomic E-state index is 12.2. The number of hydrogen-bond acceptors (Lipinski definition) is 4. The fraction of sp³-hybridized carbons (Fsp3) is 0.444. The minimum Gasteiger partial charge on any atom is -0.393 e. The second-order valence-corrected chi connectivity index (χ2v) is 7.23. The molecule has 2 N–H and O–H groups in total. The molecule has 5 nitrogen and oxygen atoms in total. The van der Waals surface area contributed by atoms with Crippen LogP contribution in [0.5, 0.6) is 0 Å². The van der Waals surface area contributed by atoms with Gasteiger partial charge in [-0.3, -0.25) is 0 Å². The van der Waals surface area contributed by atoms with Crippen LogP contribution in [0.1, 0.15) is 24.3 Å². The molecule has 0 bridgehead atoms. The molecule has 0 aliphatic heterocycles. The predicted molar refractivity (Wildman–Crippen MR) is 95.8 cm³/mol. The Morgan fingerprint density at radius 3 is 2.88 bits per heavy atom. The molecule has 128 valence electrons. The lowest BCUT2D eigenvalue weighted by atomic mass is 10.1. The molecule has 24 heavy (non-hydrogen) atoms. The van der Waals surface area contributed by atoms with Gasteiger partial charge in [-0.25, -0.2) is 9.78 Å². The van der Waals surface area contributed by atoms with Crippen LogP contribution in [-0.2, 0) is 6.54 Å². The van der Waals surface area contributed by atoms with Gasteiger partial charge in [0.15, 0.2) is 0 Å². The Hall–Kier alpha value is -1.92. The first-order valence-electron chi connectivity index (χ1n) is 8.30. The van der Waals surface area contributed by atoms with Gasteiger partial charge in [0, 0.05) is 30.5 Å². The smallest absolute Gasteiger partial charge is 0.317 e. The number of nitrogens with zero attached hydrogens (tertiary/aromatic N) is 2.